The Morgan fingerprint density at radius 2 is 2.21 bits per heavy atom. The van der Waals surface area contributed by atoms with Crippen molar-refractivity contribution in [2.75, 3.05) is 5.43 Å². The van der Waals surface area contributed by atoms with Gasteiger partial charge >= 0.3 is 0 Å². The number of aromatic nitrogens is 4. The van der Waals surface area contributed by atoms with Crippen molar-refractivity contribution in [1.82, 2.24) is 19.9 Å². The summed E-state index contributed by atoms with van der Waals surface area (Å²) in [7, 11) is 0. The predicted octanol–water partition coefficient (Wildman–Crippen LogP) is 2.23. The highest BCUT2D eigenvalue weighted by Gasteiger charge is 2.12. The van der Waals surface area contributed by atoms with Gasteiger partial charge in [0.1, 0.15) is 14.9 Å². The summed E-state index contributed by atoms with van der Waals surface area (Å²) in [4.78, 5) is 19.1. The van der Waals surface area contributed by atoms with E-state index in [0.717, 1.165) is 20.3 Å². The van der Waals surface area contributed by atoms with Crippen molar-refractivity contribution >= 4 is 39.3 Å². The number of nitrogen functional groups attached to an aromatic ring is 1. The van der Waals surface area contributed by atoms with Gasteiger partial charge in [0.2, 0.25) is 5.95 Å². The quantitative estimate of drug-likeness (QED) is 0.434. The van der Waals surface area contributed by atoms with Gasteiger partial charge in [-0.15, -0.1) is 11.3 Å². The number of rotatable bonds is 3. The Hall–Kier alpha value is -1.77. The molecule has 3 aromatic heterocycles. The number of hydrogen-bond donors (Lipinski definition) is 2. The molecule has 0 aliphatic heterocycles. The van der Waals surface area contributed by atoms with Crippen LogP contribution in [0, 0.1) is 6.92 Å². The lowest BCUT2D eigenvalue weighted by molar-refractivity contribution is 1.04. The normalized spacial score (nSPS) is 10.8. The van der Waals surface area contributed by atoms with Crippen molar-refractivity contribution in [3.05, 3.63) is 29.5 Å². The van der Waals surface area contributed by atoms with Crippen LogP contribution in [0.3, 0.4) is 0 Å². The maximum Gasteiger partial charge on any atom is 0.239 e. The lowest BCUT2D eigenvalue weighted by atomic mass is 10.4. The SMILES string of the molecule is Cc1cc2c(Sc3cnccn3)nc(NN)nc2s1. The van der Waals surface area contributed by atoms with Crippen LogP contribution >= 0.6 is 23.1 Å². The molecule has 0 bridgehead atoms. The largest absolute Gasteiger partial charge is 0.292 e. The minimum absolute atomic E-state index is 0.403. The first kappa shape index (κ1) is 12.3. The molecule has 0 aliphatic carbocycles. The van der Waals surface area contributed by atoms with Crippen LogP contribution in [0.2, 0.25) is 0 Å². The Bertz CT molecular complexity index is 712. The molecular weight excluding hydrogens is 280 g/mol. The fraction of sp³-hybridized carbons (Fsp3) is 0.0909. The Balaban J connectivity index is 2.10. The number of hydrazine groups is 1. The number of fused-ring (bicyclic) bond motifs is 1. The lowest BCUT2D eigenvalue weighted by Gasteiger charge is -2.04. The molecule has 8 heteroatoms. The molecular formula is C11H10N6S2. The van der Waals surface area contributed by atoms with Crippen molar-refractivity contribution in [2.45, 2.75) is 17.0 Å². The van der Waals surface area contributed by atoms with Crippen molar-refractivity contribution in [3.63, 3.8) is 0 Å². The summed E-state index contributed by atoms with van der Waals surface area (Å²) in [5.41, 5.74) is 2.49. The molecule has 19 heavy (non-hydrogen) atoms. The van der Waals surface area contributed by atoms with E-state index < -0.39 is 0 Å². The highest BCUT2D eigenvalue weighted by atomic mass is 32.2. The Morgan fingerprint density at radius 1 is 1.32 bits per heavy atom. The van der Waals surface area contributed by atoms with E-state index in [1.54, 1.807) is 29.9 Å². The monoisotopic (exact) mass is 290 g/mol. The molecule has 3 aromatic rings. The van der Waals surface area contributed by atoms with E-state index in [-0.39, 0.29) is 0 Å². The zero-order valence-electron chi connectivity index (χ0n) is 9.99. The molecule has 0 radical (unpaired) electrons. The van der Waals surface area contributed by atoms with Crippen LogP contribution in [0.1, 0.15) is 4.88 Å². The van der Waals surface area contributed by atoms with Gasteiger partial charge in [0.15, 0.2) is 0 Å². The first-order valence-electron chi connectivity index (χ1n) is 5.45. The second-order valence-corrected chi connectivity index (χ2v) is 5.96. The van der Waals surface area contributed by atoms with Gasteiger partial charge in [-0.05, 0) is 24.8 Å². The second kappa shape index (κ2) is 5.08. The van der Waals surface area contributed by atoms with Crippen LogP contribution in [-0.4, -0.2) is 19.9 Å². The van der Waals surface area contributed by atoms with Crippen LogP contribution in [0.4, 0.5) is 5.95 Å². The molecule has 6 nitrogen and oxygen atoms in total. The van der Waals surface area contributed by atoms with Gasteiger partial charge in [0.05, 0.1) is 6.20 Å². The van der Waals surface area contributed by atoms with Gasteiger partial charge in [-0.25, -0.2) is 20.8 Å². The summed E-state index contributed by atoms with van der Waals surface area (Å²) in [5, 5.41) is 2.62. The first-order valence-corrected chi connectivity index (χ1v) is 7.08. The molecule has 0 spiro atoms. The predicted molar refractivity (Wildman–Crippen MR) is 76.1 cm³/mol. The average Bonchev–Trinajstić information content (AvgIpc) is 2.80. The number of hydrogen-bond acceptors (Lipinski definition) is 8. The van der Waals surface area contributed by atoms with E-state index in [4.69, 9.17) is 5.84 Å². The van der Waals surface area contributed by atoms with Crippen LogP contribution in [0.5, 0.6) is 0 Å². The molecule has 0 unspecified atom stereocenters. The maximum absolute atomic E-state index is 5.40. The zero-order valence-corrected chi connectivity index (χ0v) is 11.6. The summed E-state index contributed by atoms with van der Waals surface area (Å²) < 4.78 is 0. The molecule has 0 saturated heterocycles. The van der Waals surface area contributed by atoms with Crippen molar-refractivity contribution in [1.29, 1.82) is 0 Å². The highest BCUT2D eigenvalue weighted by molar-refractivity contribution is 7.99. The second-order valence-electron chi connectivity index (χ2n) is 3.72. The summed E-state index contributed by atoms with van der Waals surface area (Å²) in [6.07, 6.45) is 5.00. The van der Waals surface area contributed by atoms with Crippen LogP contribution in [0.15, 0.2) is 34.7 Å². The van der Waals surface area contributed by atoms with Crippen LogP contribution in [0.25, 0.3) is 10.2 Å². The molecule has 0 fully saturated rings. The molecule has 0 aliphatic rings. The number of thiophene rings is 1. The number of nitrogens with two attached hydrogens (primary N) is 1. The van der Waals surface area contributed by atoms with Crippen LogP contribution in [-0.2, 0) is 0 Å². The standard InChI is InChI=1S/C11H10N6S2/c1-6-4-7-9(18-6)15-11(17-12)16-10(7)19-8-5-13-2-3-14-8/h2-5H,12H2,1H3,(H,15,16,17). The molecule has 3 N–H and O–H groups in total. The van der Waals surface area contributed by atoms with Gasteiger partial charge in [-0.1, -0.05) is 0 Å². The van der Waals surface area contributed by atoms with Crippen molar-refractivity contribution < 1.29 is 0 Å². The first-order chi connectivity index (χ1) is 9.26. The number of aryl methyl sites for hydroxylation is 1. The number of nitrogens with zero attached hydrogens (tertiary/aromatic N) is 4. The van der Waals surface area contributed by atoms with Gasteiger partial charge in [0.25, 0.3) is 0 Å². The Labute approximate surface area is 117 Å². The molecule has 0 saturated carbocycles. The Morgan fingerprint density at radius 3 is 2.95 bits per heavy atom. The van der Waals surface area contributed by atoms with Gasteiger partial charge in [0, 0.05) is 22.7 Å². The minimum Gasteiger partial charge on any atom is -0.292 e. The third-order valence-electron chi connectivity index (χ3n) is 2.35. The van der Waals surface area contributed by atoms with Gasteiger partial charge in [-0.2, -0.15) is 0 Å². The smallest absolute Gasteiger partial charge is 0.239 e. The summed E-state index contributed by atoms with van der Waals surface area (Å²) in [6, 6.07) is 2.07. The third-order valence-corrected chi connectivity index (χ3v) is 4.22. The maximum atomic E-state index is 5.40. The van der Waals surface area contributed by atoms with E-state index >= 15 is 0 Å². The molecule has 3 rings (SSSR count). The lowest BCUT2D eigenvalue weighted by Crippen LogP contribution is -2.10. The minimum atomic E-state index is 0.403. The third kappa shape index (κ3) is 2.50. The van der Waals surface area contributed by atoms with Crippen molar-refractivity contribution in [3.8, 4) is 0 Å². The average molecular weight is 290 g/mol. The molecule has 0 aromatic carbocycles. The molecule has 96 valence electrons. The molecule has 0 atom stereocenters. The molecule has 0 amide bonds. The zero-order chi connectivity index (χ0) is 13.2. The number of nitrogens with one attached hydrogen (secondary N) is 1. The Kier molecular flexibility index (Phi) is 3.28. The summed E-state index contributed by atoms with van der Waals surface area (Å²) in [6.45, 7) is 2.04. The van der Waals surface area contributed by atoms with Gasteiger partial charge in [-0.3, -0.25) is 10.4 Å². The fourth-order valence-corrected chi connectivity index (χ4v) is 3.36. The fourth-order valence-electron chi connectivity index (χ4n) is 1.60. The van der Waals surface area contributed by atoms with Crippen molar-refractivity contribution in [2.24, 2.45) is 5.84 Å². The van der Waals surface area contributed by atoms with Gasteiger partial charge < -0.3 is 0 Å². The van der Waals surface area contributed by atoms with E-state index in [0.29, 0.717) is 5.95 Å². The summed E-state index contributed by atoms with van der Waals surface area (Å²) >= 11 is 3.06. The summed E-state index contributed by atoms with van der Waals surface area (Å²) in [5.74, 6) is 5.81. The van der Waals surface area contributed by atoms with E-state index in [9.17, 15) is 0 Å². The van der Waals surface area contributed by atoms with E-state index in [2.05, 4.69) is 31.4 Å². The van der Waals surface area contributed by atoms with E-state index in [1.807, 2.05) is 6.92 Å². The topological polar surface area (TPSA) is 89.6 Å². The highest BCUT2D eigenvalue weighted by Crippen LogP contribution is 2.34. The number of anilines is 1. The molecule has 3 heterocycles. The van der Waals surface area contributed by atoms with Crippen LogP contribution < -0.4 is 11.3 Å². The van der Waals surface area contributed by atoms with E-state index in [1.165, 1.54) is 16.6 Å².